The Balaban J connectivity index is 2.54. The van der Waals surface area contributed by atoms with Gasteiger partial charge in [0, 0.05) is 11.9 Å². The van der Waals surface area contributed by atoms with Gasteiger partial charge in [0.25, 0.3) is 0 Å². The number of rotatable bonds is 3. The number of ether oxygens (including phenoxy) is 1. The first-order chi connectivity index (χ1) is 7.74. The zero-order valence-electron chi connectivity index (χ0n) is 9.07. The Kier molecular flexibility index (Phi) is 2.93. The third-order valence-corrected chi connectivity index (χ3v) is 2.94. The number of thiophene rings is 1. The van der Waals surface area contributed by atoms with Crippen LogP contribution in [0.3, 0.4) is 0 Å². The molecule has 0 aliphatic carbocycles. The van der Waals surface area contributed by atoms with E-state index in [-0.39, 0.29) is 6.61 Å². The van der Waals surface area contributed by atoms with Gasteiger partial charge in [0.05, 0.1) is 5.39 Å². The second-order valence-electron chi connectivity index (χ2n) is 3.17. The summed E-state index contributed by atoms with van der Waals surface area (Å²) in [5.74, 6) is 3.51. The van der Waals surface area contributed by atoms with Crippen LogP contribution in [0, 0.1) is 19.3 Å². The van der Waals surface area contributed by atoms with E-state index in [0.29, 0.717) is 11.8 Å². The van der Waals surface area contributed by atoms with Crippen molar-refractivity contribution in [3.05, 3.63) is 10.9 Å². The molecule has 0 aliphatic rings. The van der Waals surface area contributed by atoms with E-state index >= 15 is 0 Å². The third-order valence-electron chi connectivity index (χ3n) is 2.00. The topological polar surface area (TPSA) is 47.0 Å². The number of aromatic nitrogens is 2. The fourth-order valence-corrected chi connectivity index (χ4v) is 2.22. The van der Waals surface area contributed by atoms with Crippen LogP contribution in [0.15, 0.2) is 6.07 Å². The molecule has 1 N–H and O–H groups in total. The van der Waals surface area contributed by atoms with Gasteiger partial charge in [0.1, 0.15) is 4.83 Å². The van der Waals surface area contributed by atoms with Gasteiger partial charge in [-0.2, -0.15) is 4.98 Å². The standard InChI is InChI=1S/C11H11N3OS/c1-4-5-15-9-8-6-7(2)16-10(8)14-11(12-3)13-9/h1,6H,5H2,2-3H3,(H,12,13,14). The minimum absolute atomic E-state index is 0.212. The first-order valence-electron chi connectivity index (χ1n) is 4.77. The number of aryl methyl sites for hydroxylation is 1. The zero-order chi connectivity index (χ0) is 11.5. The molecule has 2 heterocycles. The molecule has 82 valence electrons. The second-order valence-corrected chi connectivity index (χ2v) is 4.41. The molecule has 0 saturated heterocycles. The molecule has 0 radical (unpaired) electrons. The molecule has 0 spiro atoms. The number of terminal acetylenes is 1. The Morgan fingerprint density at radius 3 is 3.06 bits per heavy atom. The SMILES string of the molecule is C#CCOc1nc(NC)nc2sc(C)cc12. The van der Waals surface area contributed by atoms with Crippen LogP contribution in [0.2, 0.25) is 0 Å². The molecule has 5 heteroatoms. The maximum atomic E-state index is 5.40. The first-order valence-corrected chi connectivity index (χ1v) is 5.58. The summed E-state index contributed by atoms with van der Waals surface area (Å²) < 4.78 is 5.40. The number of nitrogens with one attached hydrogen (secondary N) is 1. The molecule has 0 saturated carbocycles. The molecule has 0 aliphatic heterocycles. The lowest BCUT2D eigenvalue weighted by Crippen LogP contribution is -2.01. The van der Waals surface area contributed by atoms with Crippen LogP contribution < -0.4 is 10.1 Å². The summed E-state index contributed by atoms with van der Waals surface area (Å²) in [6, 6.07) is 2.01. The highest BCUT2D eigenvalue weighted by Gasteiger charge is 2.10. The van der Waals surface area contributed by atoms with Gasteiger partial charge in [-0.05, 0) is 13.0 Å². The van der Waals surface area contributed by atoms with E-state index < -0.39 is 0 Å². The van der Waals surface area contributed by atoms with E-state index in [2.05, 4.69) is 21.2 Å². The highest BCUT2D eigenvalue weighted by molar-refractivity contribution is 7.18. The van der Waals surface area contributed by atoms with Crippen molar-refractivity contribution in [2.75, 3.05) is 19.0 Å². The first kappa shape index (κ1) is 10.7. The number of nitrogens with zero attached hydrogens (tertiary/aromatic N) is 2. The van der Waals surface area contributed by atoms with Gasteiger partial charge in [0.2, 0.25) is 11.8 Å². The highest BCUT2D eigenvalue weighted by atomic mass is 32.1. The molecule has 4 nitrogen and oxygen atoms in total. The minimum atomic E-state index is 0.212. The molecule has 16 heavy (non-hydrogen) atoms. The van der Waals surface area contributed by atoms with Crippen LogP contribution in [-0.2, 0) is 0 Å². The van der Waals surface area contributed by atoms with E-state index in [9.17, 15) is 0 Å². The van der Waals surface area contributed by atoms with Crippen molar-refractivity contribution in [1.29, 1.82) is 0 Å². The summed E-state index contributed by atoms with van der Waals surface area (Å²) in [6.45, 7) is 2.24. The lowest BCUT2D eigenvalue weighted by molar-refractivity contribution is 0.360. The summed E-state index contributed by atoms with van der Waals surface area (Å²) in [5.41, 5.74) is 0. The van der Waals surface area contributed by atoms with Crippen LogP contribution >= 0.6 is 11.3 Å². The van der Waals surface area contributed by atoms with Gasteiger partial charge >= 0.3 is 0 Å². The van der Waals surface area contributed by atoms with E-state index in [0.717, 1.165) is 10.2 Å². The van der Waals surface area contributed by atoms with Crippen LogP contribution in [0.5, 0.6) is 5.88 Å². The van der Waals surface area contributed by atoms with Crippen LogP contribution in [-0.4, -0.2) is 23.6 Å². The molecule has 0 fully saturated rings. The monoisotopic (exact) mass is 233 g/mol. The van der Waals surface area contributed by atoms with Crippen molar-refractivity contribution in [3.63, 3.8) is 0 Å². The number of anilines is 1. The molecular formula is C11H11N3OS. The van der Waals surface area contributed by atoms with Gasteiger partial charge in [0.15, 0.2) is 6.61 Å². The van der Waals surface area contributed by atoms with Crippen molar-refractivity contribution < 1.29 is 4.74 Å². The van der Waals surface area contributed by atoms with Crippen LogP contribution in [0.1, 0.15) is 4.88 Å². The normalized spacial score (nSPS) is 10.1. The van der Waals surface area contributed by atoms with Crippen LogP contribution in [0.25, 0.3) is 10.2 Å². The average Bonchev–Trinajstić information content (AvgIpc) is 2.65. The minimum Gasteiger partial charge on any atom is -0.464 e. The predicted molar refractivity (Wildman–Crippen MR) is 66.0 cm³/mol. The van der Waals surface area contributed by atoms with Gasteiger partial charge in [-0.3, -0.25) is 0 Å². The van der Waals surface area contributed by atoms with Crippen molar-refractivity contribution in [2.45, 2.75) is 6.92 Å². The molecule has 2 aromatic rings. The van der Waals surface area contributed by atoms with Crippen LogP contribution in [0.4, 0.5) is 5.95 Å². The molecule has 0 bridgehead atoms. The quantitative estimate of drug-likeness (QED) is 0.824. The van der Waals surface area contributed by atoms with Gasteiger partial charge < -0.3 is 10.1 Å². The van der Waals surface area contributed by atoms with E-state index in [4.69, 9.17) is 11.2 Å². The predicted octanol–water partition coefficient (Wildman–Crippen LogP) is 2.05. The highest BCUT2D eigenvalue weighted by Crippen LogP contribution is 2.30. The third kappa shape index (κ3) is 1.92. The number of fused-ring (bicyclic) bond motifs is 1. The summed E-state index contributed by atoms with van der Waals surface area (Å²) in [6.07, 6.45) is 5.16. The lowest BCUT2D eigenvalue weighted by Gasteiger charge is -2.04. The average molecular weight is 233 g/mol. The second kappa shape index (κ2) is 4.37. The molecular weight excluding hydrogens is 222 g/mol. The molecule has 0 aromatic carbocycles. The number of hydrogen-bond acceptors (Lipinski definition) is 5. The Morgan fingerprint density at radius 1 is 1.56 bits per heavy atom. The smallest absolute Gasteiger partial charge is 0.228 e. The van der Waals surface area contributed by atoms with Gasteiger partial charge in [-0.25, -0.2) is 4.98 Å². The molecule has 0 atom stereocenters. The Hall–Kier alpha value is -1.80. The Labute approximate surface area is 97.7 Å². The Morgan fingerprint density at radius 2 is 2.38 bits per heavy atom. The maximum absolute atomic E-state index is 5.40. The summed E-state index contributed by atoms with van der Waals surface area (Å²) >= 11 is 1.61. The molecule has 2 rings (SSSR count). The maximum Gasteiger partial charge on any atom is 0.228 e. The number of hydrogen-bond donors (Lipinski definition) is 1. The van der Waals surface area contributed by atoms with Crippen molar-refractivity contribution in [1.82, 2.24) is 9.97 Å². The van der Waals surface area contributed by atoms with E-state index in [1.807, 2.05) is 13.0 Å². The molecule has 0 unspecified atom stereocenters. The Bertz CT molecular complexity index is 556. The van der Waals surface area contributed by atoms with E-state index in [1.54, 1.807) is 18.4 Å². The molecule has 0 amide bonds. The fourth-order valence-electron chi connectivity index (χ4n) is 1.35. The van der Waals surface area contributed by atoms with Crippen molar-refractivity contribution in [2.24, 2.45) is 0 Å². The molecule has 2 aromatic heterocycles. The van der Waals surface area contributed by atoms with Crippen molar-refractivity contribution >= 4 is 27.5 Å². The zero-order valence-corrected chi connectivity index (χ0v) is 9.89. The van der Waals surface area contributed by atoms with Gasteiger partial charge in [-0.1, -0.05) is 5.92 Å². The van der Waals surface area contributed by atoms with Gasteiger partial charge in [-0.15, -0.1) is 17.8 Å². The summed E-state index contributed by atoms with van der Waals surface area (Å²) in [4.78, 5) is 10.7. The van der Waals surface area contributed by atoms with Crippen molar-refractivity contribution in [3.8, 4) is 18.2 Å². The fraction of sp³-hybridized carbons (Fsp3) is 0.273. The summed E-state index contributed by atoms with van der Waals surface area (Å²) in [5, 5.41) is 3.81. The largest absolute Gasteiger partial charge is 0.464 e. The lowest BCUT2D eigenvalue weighted by atomic mass is 10.3. The van der Waals surface area contributed by atoms with E-state index in [1.165, 1.54) is 4.88 Å². The summed E-state index contributed by atoms with van der Waals surface area (Å²) in [7, 11) is 1.77.